The molecule has 3 aromatic carbocycles. The van der Waals surface area contributed by atoms with E-state index in [1.807, 2.05) is 70.2 Å². The Kier molecular flexibility index (Phi) is 7.83. The Labute approximate surface area is 257 Å². The number of aryl methyl sites for hydroxylation is 1. The van der Waals surface area contributed by atoms with Gasteiger partial charge in [0.25, 0.3) is 0 Å². The van der Waals surface area contributed by atoms with E-state index in [1.54, 1.807) is 24.4 Å². The normalized spacial score (nSPS) is 14.3. The maximum absolute atomic E-state index is 12.8. The molecule has 5 aromatic rings. The molecule has 6 rings (SSSR count). The molecule has 9 nitrogen and oxygen atoms in total. The van der Waals surface area contributed by atoms with E-state index >= 15 is 0 Å². The molecule has 0 radical (unpaired) electrons. The molecule has 2 aromatic heterocycles. The van der Waals surface area contributed by atoms with Crippen LogP contribution in [0.25, 0.3) is 32.9 Å². The SMILES string of the molecule is Cc1cc2nc(OCc3ccc(S(N)=O)cc3)ccc2c(-c2ccc3c4c(ccnc24)CCO3)c1C(OC(C)(C)C)C(=O)O. The zero-order valence-electron chi connectivity index (χ0n) is 24.9. The third kappa shape index (κ3) is 5.76. The molecule has 3 N–H and O–H groups in total. The molecule has 0 aliphatic carbocycles. The van der Waals surface area contributed by atoms with Gasteiger partial charge in [0.15, 0.2) is 6.10 Å². The first-order valence-corrected chi connectivity index (χ1v) is 15.5. The van der Waals surface area contributed by atoms with Gasteiger partial charge in [-0.2, -0.15) is 0 Å². The summed E-state index contributed by atoms with van der Waals surface area (Å²) in [6.45, 7) is 8.24. The average Bonchev–Trinajstić information content (AvgIpc) is 2.98. The van der Waals surface area contributed by atoms with E-state index in [2.05, 4.69) is 0 Å². The fourth-order valence-corrected chi connectivity index (χ4v) is 6.08. The van der Waals surface area contributed by atoms with Crippen molar-refractivity contribution in [3.63, 3.8) is 0 Å². The van der Waals surface area contributed by atoms with Crippen molar-refractivity contribution in [3.8, 4) is 22.8 Å². The molecule has 3 heterocycles. The van der Waals surface area contributed by atoms with E-state index in [9.17, 15) is 14.1 Å². The van der Waals surface area contributed by atoms with E-state index in [1.165, 1.54) is 0 Å². The number of nitrogens with two attached hydrogens (primary N) is 1. The van der Waals surface area contributed by atoms with Gasteiger partial charge in [-0.05, 0) is 92.4 Å². The average molecular weight is 612 g/mol. The molecular weight excluding hydrogens is 578 g/mol. The Hall–Kier alpha value is -4.38. The number of hydrogen-bond donors (Lipinski definition) is 2. The first-order chi connectivity index (χ1) is 21.0. The van der Waals surface area contributed by atoms with Gasteiger partial charge >= 0.3 is 5.97 Å². The molecule has 1 aliphatic rings. The number of aromatic nitrogens is 2. The highest BCUT2D eigenvalue weighted by atomic mass is 32.2. The van der Waals surface area contributed by atoms with Gasteiger partial charge in [0.05, 0.1) is 28.1 Å². The van der Waals surface area contributed by atoms with Crippen LogP contribution in [0.2, 0.25) is 0 Å². The van der Waals surface area contributed by atoms with Crippen molar-refractivity contribution >= 4 is 38.8 Å². The summed E-state index contributed by atoms with van der Waals surface area (Å²) in [7, 11) is -1.55. The van der Waals surface area contributed by atoms with Gasteiger partial charge in [0.1, 0.15) is 23.3 Å². The molecule has 2 unspecified atom stereocenters. The maximum Gasteiger partial charge on any atom is 0.337 e. The van der Waals surface area contributed by atoms with Gasteiger partial charge in [-0.25, -0.2) is 19.1 Å². The molecule has 0 saturated carbocycles. The van der Waals surface area contributed by atoms with Crippen LogP contribution >= 0.6 is 0 Å². The first kappa shape index (κ1) is 29.7. The van der Waals surface area contributed by atoms with Crippen LogP contribution in [0.3, 0.4) is 0 Å². The van der Waals surface area contributed by atoms with Crippen LogP contribution in [0.1, 0.15) is 49.1 Å². The third-order valence-electron chi connectivity index (χ3n) is 7.55. The molecule has 0 fully saturated rings. The summed E-state index contributed by atoms with van der Waals surface area (Å²) in [4.78, 5) is 22.9. The second-order valence-electron chi connectivity index (χ2n) is 11.8. The Morgan fingerprint density at radius 3 is 2.59 bits per heavy atom. The van der Waals surface area contributed by atoms with E-state index in [-0.39, 0.29) is 6.61 Å². The standard InChI is InChI=1S/C34H33N3O6S/c1-19-17-25-23(10-12-27(37-25)42-18-20-5-7-22(8-6-20)44(35)40)30(28(19)32(33(38)39)43-34(2,3)4)24-9-11-26-29-21(14-16-41-26)13-15-36-31(24)29/h5-13,15,17,32H,14,16,18,35H2,1-4H3,(H,38,39). The fraction of sp³-hybridized carbons (Fsp3) is 0.265. The van der Waals surface area contributed by atoms with Crippen molar-refractivity contribution in [2.45, 2.75) is 57.3 Å². The van der Waals surface area contributed by atoms with Gasteiger partial charge in [0, 0.05) is 40.6 Å². The van der Waals surface area contributed by atoms with Gasteiger partial charge in [-0.15, -0.1) is 0 Å². The molecule has 0 spiro atoms. The summed E-state index contributed by atoms with van der Waals surface area (Å²) in [5.74, 6) is 0.0863. The minimum absolute atomic E-state index is 0.249. The van der Waals surface area contributed by atoms with Crippen molar-refractivity contribution in [2.24, 2.45) is 5.14 Å². The van der Waals surface area contributed by atoms with Gasteiger partial charge in [-0.1, -0.05) is 12.1 Å². The van der Waals surface area contributed by atoms with Crippen molar-refractivity contribution in [1.82, 2.24) is 9.97 Å². The third-order valence-corrected chi connectivity index (χ3v) is 8.29. The minimum atomic E-state index is -1.55. The summed E-state index contributed by atoms with van der Waals surface area (Å²) in [5.41, 5.74) is 5.40. The van der Waals surface area contributed by atoms with E-state index in [0.717, 1.165) is 50.7 Å². The molecule has 0 bridgehead atoms. The molecule has 0 amide bonds. The number of benzene rings is 3. The van der Waals surface area contributed by atoms with E-state index in [4.69, 9.17) is 29.3 Å². The molecular formula is C34H33N3O6S. The van der Waals surface area contributed by atoms with Gasteiger partial charge in [0.2, 0.25) is 5.88 Å². The number of carbonyl (C=O) groups is 1. The van der Waals surface area contributed by atoms with Crippen LogP contribution in [0, 0.1) is 6.92 Å². The van der Waals surface area contributed by atoms with Crippen LogP contribution in [0.15, 0.2) is 71.8 Å². The van der Waals surface area contributed by atoms with Crippen LogP contribution < -0.4 is 14.6 Å². The fourth-order valence-electron chi connectivity index (χ4n) is 5.68. The van der Waals surface area contributed by atoms with Crippen molar-refractivity contribution < 1.29 is 28.3 Å². The van der Waals surface area contributed by atoms with Crippen molar-refractivity contribution in [2.75, 3.05) is 6.61 Å². The number of carboxylic acid groups (broad SMARTS) is 1. The summed E-state index contributed by atoms with van der Waals surface area (Å²) in [6, 6.07) is 18.5. The highest BCUT2D eigenvalue weighted by Crippen LogP contribution is 2.45. The second kappa shape index (κ2) is 11.6. The first-order valence-electron chi connectivity index (χ1n) is 14.3. The Bertz CT molecular complexity index is 1920. The zero-order valence-corrected chi connectivity index (χ0v) is 25.7. The smallest absolute Gasteiger partial charge is 0.337 e. The monoisotopic (exact) mass is 611 g/mol. The number of pyridine rings is 2. The van der Waals surface area contributed by atoms with Crippen molar-refractivity contribution in [3.05, 3.63) is 89.1 Å². The molecule has 2 atom stereocenters. The van der Waals surface area contributed by atoms with Crippen molar-refractivity contribution in [1.29, 1.82) is 0 Å². The molecule has 0 saturated heterocycles. The van der Waals surface area contributed by atoms with E-state index < -0.39 is 28.7 Å². The van der Waals surface area contributed by atoms with Crippen LogP contribution in [-0.4, -0.2) is 37.5 Å². The number of rotatable bonds is 8. The lowest BCUT2D eigenvalue weighted by Gasteiger charge is -2.29. The topological polar surface area (TPSA) is 134 Å². The summed E-state index contributed by atoms with van der Waals surface area (Å²) in [5, 5.41) is 17.6. The molecule has 44 heavy (non-hydrogen) atoms. The molecule has 1 aliphatic heterocycles. The Morgan fingerprint density at radius 1 is 1.11 bits per heavy atom. The van der Waals surface area contributed by atoms with Crippen LogP contribution in [-0.2, 0) is 33.5 Å². The predicted molar refractivity (Wildman–Crippen MR) is 169 cm³/mol. The number of ether oxygens (including phenoxy) is 3. The number of hydrogen-bond acceptors (Lipinski definition) is 7. The summed E-state index contributed by atoms with van der Waals surface area (Å²) < 4.78 is 29.7. The number of fused-ring (bicyclic) bond motifs is 1. The lowest BCUT2D eigenvalue weighted by Crippen LogP contribution is -2.28. The molecule has 10 heteroatoms. The lowest BCUT2D eigenvalue weighted by atomic mass is 9.86. The largest absolute Gasteiger partial charge is 0.493 e. The minimum Gasteiger partial charge on any atom is -0.493 e. The van der Waals surface area contributed by atoms with Crippen LogP contribution in [0.4, 0.5) is 0 Å². The Morgan fingerprint density at radius 2 is 1.89 bits per heavy atom. The van der Waals surface area contributed by atoms with E-state index in [0.29, 0.717) is 34.0 Å². The summed E-state index contributed by atoms with van der Waals surface area (Å²) in [6.07, 6.45) is 1.31. The van der Waals surface area contributed by atoms with Crippen LogP contribution in [0.5, 0.6) is 11.6 Å². The zero-order chi connectivity index (χ0) is 31.2. The van der Waals surface area contributed by atoms with Gasteiger partial charge in [-0.3, -0.25) is 4.98 Å². The number of nitrogens with zero attached hydrogens (tertiary/aromatic N) is 2. The number of carboxylic acids is 1. The second-order valence-corrected chi connectivity index (χ2v) is 12.8. The maximum atomic E-state index is 12.8. The highest BCUT2D eigenvalue weighted by molar-refractivity contribution is 7.82. The lowest BCUT2D eigenvalue weighted by molar-refractivity contribution is -0.160. The summed E-state index contributed by atoms with van der Waals surface area (Å²) >= 11 is 0. The number of aliphatic carboxylic acids is 1. The van der Waals surface area contributed by atoms with Gasteiger partial charge < -0.3 is 19.3 Å². The highest BCUT2D eigenvalue weighted by Gasteiger charge is 2.33. The Balaban J connectivity index is 1.52. The quantitative estimate of drug-likeness (QED) is 0.212. The predicted octanol–water partition coefficient (Wildman–Crippen LogP) is 6.19. The molecule has 226 valence electrons.